The van der Waals surface area contributed by atoms with Crippen molar-refractivity contribution in [2.75, 3.05) is 20.1 Å². The first-order valence-electron chi connectivity index (χ1n) is 11.5. The lowest BCUT2D eigenvalue weighted by Gasteiger charge is -2.49. The zero-order valence-corrected chi connectivity index (χ0v) is 20.2. The molecule has 1 aromatic heterocycles. The van der Waals surface area contributed by atoms with Crippen LogP contribution < -0.4 is 4.18 Å². The molecule has 2 aliphatic rings. The number of aldehydes is 1. The fourth-order valence-corrected chi connectivity index (χ4v) is 5.61. The molecule has 36 heavy (non-hydrogen) atoms. The Kier molecular flexibility index (Phi) is 6.56. The van der Waals surface area contributed by atoms with E-state index in [1.807, 2.05) is 9.69 Å². The number of carbonyl (C=O) groups excluding carboxylic acids is 1. The molecule has 1 aliphatic heterocycles. The summed E-state index contributed by atoms with van der Waals surface area (Å²) in [6.07, 6.45) is 0.455. The number of fused-ring (bicyclic) bond motifs is 2. The summed E-state index contributed by atoms with van der Waals surface area (Å²) in [6, 6.07) is 10.7. The molecular weight excluding hydrogens is 496 g/mol. The van der Waals surface area contributed by atoms with Crippen molar-refractivity contribution in [2.45, 2.75) is 25.4 Å². The van der Waals surface area contributed by atoms with Gasteiger partial charge < -0.3 is 8.98 Å². The molecule has 11 heteroatoms. The molecule has 1 fully saturated rings. The molecule has 0 radical (unpaired) electrons. The Balaban J connectivity index is 1.27. The van der Waals surface area contributed by atoms with Crippen molar-refractivity contribution in [1.29, 1.82) is 0 Å². The van der Waals surface area contributed by atoms with Crippen LogP contribution in [0.4, 0.5) is 17.6 Å². The lowest BCUT2D eigenvalue weighted by Crippen LogP contribution is -2.56. The number of aromatic nitrogens is 2. The number of hydrogen-bond donors (Lipinski definition) is 0. The molecule has 0 N–H and O–H groups in total. The first-order valence-corrected chi connectivity index (χ1v) is 12.2. The highest BCUT2D eigenvalue weighted by molar-refractivity contribution is 7.92. The lowest BCUT2D eigenvalue weighted by atomic mass is 9.63. The van der Waals surface area contributed by atoms with Gasteiger partial charge in [-0.25, -0.2) is 14.1 Å². The first kappa shape index (κ1) is 24.8. The second-order valence-corrected chi connectivity index (χ2v) is 10.1. The summed E-state index contributed by atoms with van der Waals surface area (Å²) in [5.74, 6) is 0.121. The number of benzene rings is 2. The number of halogens is 4. The zero-order valence-electron chi connectivity index (χ0n) is 19.4. The third-order valence-corrected chi connectivity index (χ3v) is 7.78. The number of piperidine rings is 1. The summed E-state index contributed by atoms with van der Waals surface area (Å²) in [7, 11) is 1.80. The summed E-state index contributed by atoms with van der Waals surface area (Å²) in [5, 5.41) is 6.54. The molecule has 5 rings (SSSR count). The van der Waals surface area contributed by atoms with Crippen molar-refractivity contribution in [1.82, 2.24) is 19.2 Å². The van der Waals surface area contributed by atoms with Crippen LogP contribution in [0.25, 0.3) is 5.69 Å². The molecule has 2 heterocycles. The van der Waals surface area contributed by atoms with Crippen LogP contribution in [-0.2, 0) is 23.8 Å². The Morgan fingerprint density at radius 1 is 1.17 bits per heavy atom. The Morgan fingerprint density at radius 3 is 2.56 bits per heavy atom. The standard InChI is InChI=1S/C25H24F4N4O2S/c1-31(36-35-22-8-2-18(3-9-22)25(27,28)29)32-11-10-19-12-23-17(13-24(19,15-32)16-34)14-30-33(23)21-6-4-20(26)5-7-21/h2-9,14,16,19H,10-13,15H2,1H3. The maximum absolute atomic E-state index is 13.4. The molecule has 1 saturated heterocycles. The fourth-order valence-electron chi connectivity index (χ4n) is 5.07. The van der Waals surface area contributed by atoms with E-state index in [1.54, 1.807) is 29.8 Å². The van der Waals surface area contributed by atoms with Crippen LogP contribution in [0.2, 0.25) is 0 Å². The van der Waals surface area contributed by atoms with Gasteiger partial charge in [-0.1, -0.05) is 0 Å². The summed E-state index contributed by atoms with van der Waals surface area (Å²) in [6.45, 7) is 1.18. The maximum atomic E-state index is 13.4. The van der Waals surface area contributed by atoms with E-state index in [4.69, 9.17) is 4.18 Å². The van der Waals surface area contributed by atoms with E-state index in [0.29, 0.717) is 31.7 Å². The lowest BCUT2D eigenvalue weighted by molar-refractivity contribution is -0.137. The molecule has 190 valence electrons. The van der Waals surface area contributed by atoms with Gasteiger partial charge in [0, 0.05) is 31.2 Å². The monoisotopic (exact) mass is 520 g/mol. The Hall–Kier alpha value is -2.89. The quantitative estimate of drug-likeness (QED) is 0.195. The SMILES string of the molecule is CN(SOc1ccc(C(F)(F)F)cc1)N1CCC2Cc3c(cnn3-c3ccc(F)cc3)CC2(C=O)C1. The van der Waals surface area contributed by atoms with E-state index in [1.165, 1.54) is 24.3 Å². The molecule has 2 aromatic carbocycles. The minimum Gasteiger partial charge on any atom is -0.409 e. The minimum absolute atomic E-state index is 0.129. The topological polar surface area (TPSA) is 50.6 Å². The van der Waals surface area contributed by atoms with Crippen LogP contribution in [0, 0.1) is 17.2 Å². The van der Waals surface area contributed by atoms with Gasteiger partial charge in [-0.3, -0.25) is 0 Å². The Bertz CT molecular complexity index is 1230. The highest BCUT2D eigenvalue weighted by Crippen LogP contribution is 2.45. The first-order chi connectivity index (χ1) is 17.2. The predicted octanol–water partition coefficient (Wildman–Crippen LogP) is 5.13. The minimum atomic E-state index is -4.40. The summed E-state index contributed by atoms with van der Waals surface area (Å²) in [4.78, 5) is 12.5. The molecule has 6 nitrogen and oxygen atoms in total. The number of hydrogen-bond acceptors (Lipinski definition) is 6. The number of carbonyl (C=O) groups is 1. The van der Waals surface area contributed by atoms with Crippen molar-refractivity contribution in [3.05, 3.63) is 77.4 Å². The summed E-state index contributed by atoms with van der Waals surface area (Å²) in [5.41, 5.74) is 1.50. The average Bonchev–Trinajstić information content (AvgIpc) is 3.27. The maximum Gasteiger partial charge on any atom is 0.416 e. The van der Waals surface area contributed by atoms with E-state index < -0.39 is 17.2 Å². The van der Waals surface area contributed by atoms with Gasteiger partial charge in [0.05, 0.1) is 17.4 Å². The average molecular weight is 521 g/mol. The molecule has 0 spiro atoms. The van der Waals surface area contributed by atoms with Gasteiger partial charge in [0.2, 0.25) is 0 Å². The number of nitrogens with zero attached hydrogens (tertiary/aromatic N) is 4. The fraction of sp³-hybridized carbons (Fsp3) is 0.360. The number of alkyl halides is 3. The largest absolute Gasteiger partial charge is 0.416 e. The van der Waals surface area contributed by atoms with E-state index in [9.17, 15) is 22.4 Å². The Labute approximate surface area is 210 Å². The van der Waals surface area contributed by atoms with Crippen molar-refractivity contribution in [3.8, 4) is 11.4 Å². The third kappa shape index (κ3) is 4.74. The molecule has 0 bridgehead atoms. The van der Waals surface area contributed by atoms with Crippen LogP contribution in [0.5, 0.6) is 5.75 Å². The van der Waals surface area contributed by atoms with E-state index >= 15 is 0 Å². The molecule has 2 atom stereocenters. The molecule has 2 unspecified atom stereocenters. The van der Waals surface area contributed by atoms with Gasteiger partial charge >= 0.3 is 6.18 Å². The van der Waals surface area contributed by atoms with Gasteiger partial charge in [0.25, 0.3) is 0 Å². The van der Waals surface area contributed by atoms with Crippen molar-refractivity contribution in [3.63, 3.8) is 0 Å². The van der Waals surface area contributed by atoms with E-state index in [-0.39, 0.29) is 11.7 Å². The molecule has 0 amide bonds. The Morgan fingerprint density at radius 2 is 1.89 bits per heavy atom. The van der Waals surface area contributed by atoms with E-state index in [2.05, 4.69) is 5.10 Å². The summed E-state index contributed by atoms with van der Waals surface area (Å²) < 4.78 is 60.9. The van der Waals surface area contributed by atoms with E-state index in [0.717, 1.165) is 54.0 Å². The van der Waals surface area contributed by atoms with Crippen LogP contribution in [0.15, 0.2) is 54.7 Å². The van der Waals surface area contributed by atoms with Gasteiger partial charge in [-0.2, -0.15) is 22.7 Å². The molecule has 0 saturated carbocycles. The highest BCUT2D eigenvalue weighted by Gasteiger charge is 2.48. The highest BCUT2D eigenvalue weighted by atomic mass is 32.2. The van der Waals surface area contributed by atoms with Crippen LogP contribution in [-0.4, -0.2) is 45.6 Å². The van der Waals surface area contributed by atoms with Gasteiger partial charge in [0.1, 0.15) is 17.9 Å². The van der Waals surface area contributed by atoms with Gasteiger partial charge in [-0.05, 0) is 79.3 Å². The van der Waals surface area contributed by atoms with Gasteiger partial charge in [-0.15, -0.1) is 0 Å². The molecule has 3 aromatic rings. The van der Waals surface area contributed by atoms with Crippen LogP contribution in [0.3, 0.4) is 0 Å². The smallest absolute Gasteiger partial charge is 0.409 e. The van der Waals surface area contributed by atoms with Crippen LogP contribution in [0.1, 0.15) is 23.2 Å². The van der Waals surface area contributed by atoms with Crippen molar-refractivity contribution < 1.29 is 26.5 Å². The molecule has 1 aliphatic carbocycles. The zero-order chi connectivity index (χ0) is 25.5. The summed E-state index contributed by atoms with van der Waals surface area (Å²) >= 11 is 1.00. The predicted molar refractivity (Wildman–Crippen MR) is 127 cm³/mol. The van der Waals surface area contributed by atoms with Gasteiger partial charge in [0.15, 0.2) is 12.2 Å². The van der Waals surface area contributed by atoms with Crippen LogP contribution >= 0.6 is 12.2 Å². The number of hydrazine groups is 1. The normalized spacial score (nSPS) is 22.2. The second-order valence-electron chi connectivity index (χ2n) is 9.25. The van der Waals surface area contributed by atoms with Crippen molar-refractivity contribution >= 4 is 18.5 Å². The third-order valence-electron chi connectivity index (χ3n) is 7.07. The van der Waals surface area contributed by atoms with Crippen molar-refractivity contribution in [2.24, 2.45) is 11.3 Å². The molecular formula is C25H24F4N4O2S. The second kappa shape index (κ2) is 9.53. The number of rotatable bonds is 6.